The number of nitrogens with zero attached hydrogens (tertiary/aromatic N) is 1. The van der Waals surface area contributed by atoms with Crippen molar-refractivity contribution < 1.29 is 14.3 Å². The lowest BCUT2D eigenvalue weighted by molar-refractivity contribution is -0.118. The molecule has 1 amide bonds. The Morgan fingerprint density at radius 1 is 1.23 bits per heavy atom. The lowest BCUT2D eigenvalue weighted by Crippen LogP contribution is -2.20. The molecule has 26 heavy (non-hydrogen) atoms. The fourth-order valence-corrected chi connectivity index (χ4v) is 3.55. The number of hydrogen-bond acceptors (Lipinski definition) is 5. The summed E-state index contributed by atoms with van der Waals surface area (Å²) in [5.41, 5.74) is 2.58. The summed E-state index contributed by atoms with van der Waals surface area (Å²) in [6, 6.07) is 9.35. The van der Waals surface area contributed by atoms with Crippen LogP contribution >= 0.6 is 22.9 Å². The standard InChI is InChI=1S/C19H19ClN2O3S/c1-4-24-14-6-5-7-15-18(14)22-19(26-15)21-16(23)10-25-13-8-11(2)17(20)12(3)9-13/h5-9H,4,10H2,1-3H3,(H,21,22,23). The summed E-state index contributed by atoms with van der Waals surface area (Å²) in [7, 11) is 0. The highest BCUT2D eigenvalue weighted by atomic mass is 35.5. The van der Waals surface area contributed by atoms with E-state index in [2.05, 4.69) is 10.3 Å². The van der Waals surface area contributed by atoms with Crippen molar-refractivity contribution in [2.75, 3.05) is 18.5 Å². The van der Waals surface area contributed by atoms with Crippen LogP contribution in [0.25, 0.3) is 10.2 Å². The molecule has 7 heteroatoms. The summed E-state index contributed by atoms with van der Waals surface area (Å²) in [5.74, 6) is 1.06. The second-order valence-corrected chi connectivity index (χ2v) is 7.17. The SMILES string of the molecule is CCOc1cccc2sc(NC(=O)COc3cc(C)c(Cl)c(C)c3)nc12. The molecule has 0 bridgehead atoms. The number of carbonyl (C=O) groups excluding carboxylic acids is 1. The highest BCUT2D eigenvalue weighted by Gasteiger charge is 2.12. The van der Waals surface area contributed by atoms with Gasteiger partial charge in [-0.3, -0.25) is 10.1 Å². The molecule has 1 N–H and O–H groups in total. The van der Waals surface area contributed by atoms with Gasteiger partial charge in [-0.25, -0.2) is 4.98 Å². The van der Waals surface area contributed by atoms with Gasteiger partial charge in [0.2, 0.25) is 0 Å². The normalized spacial score (nSPS) is 10.8. The Morgan fingerprint density at radius 2 is 1.96 bits per heavy atom. The van der Waals surface area contributed by atoms with Gasteiger partial charge in [-0.1, -0.05) is 29.0 Å². The van der Waals surface area contributed by atoms with Gasteiger partial charge in [0, 0.05) is 5.02 Å². The van der Waals surface area contributed by atoms with E-state index in [-0.39, 0.29) is 12.5 Å². The van der Waals surface area contributed by atoms with Crippen molar-refractivity contribution in [2.45, 2.75) is 20.8 Å². The number of amides is 1. The van der Waals surface area contributed by atoms with Crippen molar-refractivity contribution >= 4 is 44.2 Å². The second kappa shape index (κ2) is 7.93. The Labute approximate surface area is 160 Å². The molecule has 136 valence electrons. The van der Waals surface area contributed by atoms with E-state index in [4.69, 9.17) is 21.1 Å². The average Bonchev–Trinajstić information content (AvgIpc) is 3.01. The van der Waals surface area contributed by atoms with Crippen LogP contribution in [0.5, 0.6) is 11.5 Å². The zero-order valence-electron chi connectivity index (χ0n) is 14.8. The van der Waals surface area contributed by atoms with E-state index in [0.29, 0.717) is 28.3 Å². The number of nitrogens with one attached hydrogen (secondary N) is 1. The minimum Gasteiger partial charge on any atom is -0.492 e. The summed E-state index contributed by atoms with van der Waals surface area (Å²) in [5, 5.41) is 4.00. The highest BCUT2D eigenvalue weighted by molar-refractivity contribution is 7.22. The third-order valence-electron chi connectivity index (χ3n) is 3.71. The third-order valence-corrected chi connectivity index (χ3v) is 5.24. The maximum atomic E-state index is 12.2. The van der Waals surface area contributed by atoms with Gasteiger partial charge < -0.3 is 9.47 Å². The maximum absolute atomic E-state index is 12.2. The van der Waals surface area contributed by atoms with E-state index in [1.54, 1.807) is 0 Å². The lowest BCUT2D eigenvalue weighted by atomic mass is 10.1. The first-order valence-corrected chi connectivity index (χ1v) is 9.39. The summed E-state index contributed by atoms with van der Waals surface area (Å²) in [6.07, 6.45) is 0. The minimum absolute atomic E-state index is 0.102. The first-order chi connectivity index (χ1) is 12.5. The molecule has 0 saturated heterocycles. The molecule has 0 aliphatic heterocycles. The summed E-state index contributed by atoms with van der Waals surface area (Å²) >= 11 is 7.54. The number of thiazole rings is 1. The van der Waals surface area contributed by atoms with Gasteiger partial charge in [-0.05, 0) is 56.2 Å². The van der Waals surface area contributed by atoms with Crippen molar-refractivity contribution in [3.8, 4) is 11.5 Å². The predicted molar refractivity (Wildman–Crippen MR) is 106 cm³/mol. The third kappa shape index (κ3) is 4.08. The summed E-state index contributed by atoms with van der Waals surface area (Å²) in [4.78, 5) is 16.6. The zero-order chi connectivity index (χ0) is 18.7. The molecule has 0 aliphatic rings. The second-order valence-electron chi connectivity index (χ2n) is 5.76. The van der Waals surface area contributed by atoms with Crippen LogP contribution in [-0.4, -0.2) is 24.1 Å². The largest absolute Gasteiger partial charge is 0.492 e. The van der Waals surface area contributed by atoms with E-state index in [1.165, 1.54) is 11.3 Å². The number of hydrogen-bond donors (Lipinski definition) is 1. The quantitative estimate of drug-likeness (QED) is 0.644. The van der Waals surface area contributed by atoms with Crippen molar-refractivity contribution in [3.63, 3.8) is 0 Å². The van der Waals surface area contributed by atoms with Crippen LogP contribution in [-0.2, 0) is 4.79 Å². The highest BCUT2D eigenvalue weighted by Crippen LogP contribution is 2.32. The molecule has 0 fully saturated rings. The van der Waals surface area contributed by atoms with Crippen LogP contribution in [0.2, 0.25) is 5.02 Å². The number of benzene rings is 2. The van der Waals surface area contributed by atoms with Crippen molar-refractivity contribution in [2.24, 2.45) is 0 Å². The number of carbonyl (C=O) groups is 1. The molecule has 0 spiro atoms. The molecule has 0 saturated carbocycles. The Kier molecular flexibility index (Phi) is 5.64. The van der Waals surface area contributed by atoms with Gasteiger partial charge in [0.15, 0.2) is 11.7 Å². The number of rotatable bonds is 6. The molecular formula is C19H19ClN2O3S. The molecule has 3 aromatic rings. The molecule has 0 unspecified atom stereocenters. The fraction of sp³-hybridized carbons (Fsp3) is 0.263. The Hall–Kier alpha value is -2.31. The first-order valence-electron chi connectivity index (χ1n) is 8.19. The molecule has 1 aromatic heterocycles. The molecule has 2 aromatic carbocycles. The number of aryl methyl sites for hydroxylation is 2. The van der Waals surface area contributed by atoms with Crippen LogP contribution < -0.4 is 14.8 Å². The topological polar surface area (TPSA) is 60.5 Å². The van der Waals surface area contributed by atoms with Gasteiger partial charge in [0.05, 0.1) is 11.3 Å². The molecule has 3 rings (SSSR count). The fourth-order valence-electron chi connectivity index (χ4n) is 2.54. The molecule has 0 aliphatic carbocycles. The molecular weight excluding hydrogens is 372 g/mol. The van der Waals surface area contributed by atoms with E-state index in [9.17, 15) is 4.79 Å². The summed E-state index contributed by atoms with van der Waals surface area (Å²) < 4.78 is 12.1. The summed E-state index contributed by atoms with van der Waals surface area (Å²) in [6.45, 7) is 6.19. The molecule has 1 heterocycles. The van der Waals surface area contributed by atoms with Crippen LogP contribution in [0.15, 0.2) is 30.3 Å². The monoisotopic (exact) mass is 390 g/mol. The Morgan fingerprint density at radius 3 is 2.65 bits per heavy atom. The van der Waals surface area contributed by atoms with Crippen molar-refractivity contribution in [1.82, 2.24) is 4.98 Å². The van der Waals surface area contributed by atoms with Gasteiger partial charge in [-0.15, -0.1) is 0 Å². The number of fused-ring (bicyclic) bond motifs is 1. The van der Waals surface area contributed by atoms with E-state index < -0.39 is 0 Å². The predicted octanol–water partition coefficient (Wildman–Crippen LogP) is 4.98. The van der Waals surface area contributed by atoms with E-state index >= 15 is 0 Å². The Balaban J connectivity index is 1.67. The molecule has 0 radical (unpaired) electrons. The van der Waals surface area contributed by atoms with Gasteiger partial charge >= 0.3 is 0 Å². The zero-order valence-corrected chi connectivity index (χ0v) is 16.3. The van der Waals surface area contributed by atoms with Crippen LogP contribution in [0.4, 0.5) is 5.13 Å². The van der Waals surface area contributed by atoms with Gasteiger partial charge in [0.1, 0.15) is 17.0 Å². The minimum atomic E-state index is -0.271. The van der Waals surface area contributed by atoms with Crippen LogP contribution in [0, 0.1) is 13.8 Å². The maximum Gasteiger partial charge on any atom is 0.264 e. The molecule has 5 nitrogen and oxygen atoms in total. The lowest BCUT2D eigenvalue weighted by Gasteiger charge is -2.09. The van der Waals surface area contributed by atoms with Gasteiger partial charge in [-0.2, -0.15) is 0 Å². The Bertz CT molecular complexity index is 932. The van der Waals surface area contributed by atoms with Crippen molar-refractivity contribution in [1.29, 1.82) is 0 Å². The van der Waals surface area contributed by atoms with E-state index in [1.807, 2.05) is 51.1 Å². The van der Waals surface area contributed by atoms with Crippen molar-refractivity contribution in [3.05, 3.63) is 46.5 Å². The number of para-hydroxylation sites is 1. The van der Waals surface area contributed by atoms with Gasteiger partial charge in [0.25, 0.3) is 5.91 Å². The van der Waals surface area contributed by atoms with E-state index in [0.717, 1.165) is 21.3 Å². The number of ether oxygens (including phenoxy) is 2. The average molecular weight is 391 g/mol. The molecule has 0 atom stereocenters. The number of halogens is 1. The van der Waals surface area contributed by atoms with Crippen LogP contribution in [0.3, 0.4) is 0 Å². The number of aromatic nitrogens is 1. The number of anilines is 1. The smallest absolute Gasteiger partial charge is 0.264 e. The van der Waals surface area contributed by atoms with Crippen LogP contribution in [0.1, 0.15) is 18.1 Å². The first kappa shape index (κ1) is 18.5.